The highest BCUT2D eigenvalue weighted by molar-refractivity contribution is 7.80. The Hall–Kier alpha value is -1.09. The Morgan fingerprint density at radius 3 is 2.53 bits per heavy atom. The number of thiocarbonyl (C=S) groups is 1. The number of aromatic hydroxyl groups is 1. The van der Waals surface area contributed by atoms with Crippen LogP contribution in [0.2, 0.25) is 0 Å². The van der Waals surface area contributed by atoms with Crippen LogP contribution in [-0.2, 0) is 11.2 Å². The van der Waals surface area contributed by atoms with E-state index in [1.165, 1.54) is 0 Å². The molecule has 0 amide bonds. The minimum atomic E-state index is 0.226. The Morgan fingerprint density at radius 1 is 1.40 bits per heavy atom. The van der Waals surface area contributed by atoms with Crippen LogP contribution in [0.15, 0.2) is 24.3 Å². The zero-order valence-electron chi connectivity index (χ0n) is 9.06. The summed E-state index contributed by atoms with van der Waals surface area (Å²) in [6.45, 7) is 4.60. The summed E-state index contributed by atoms with van der Waals surface area (Å²) >= 11 is 5.13. The van der Waals surface area contributed by atoms with Crippen LogP contribution in [0, 0.1) is 5.92 Å². The zero-order valence-corrected chi connectivity index (χ0v) is 9.88. The number of benzene rings is 1. The summed E-state index contributed by atoms with van der Waals surface area (Å²) in [5, 5.41) is 9.79. The molecule has 82 valence electrons. The molecule has 0 aliphatic carbocycles. The van der Waals surface area contributed by atoms with Crippen LogP contribution in [0.3, 0.4) is 0 Å². The quantitative estimate of drug-likeness (QED) is 0.797. The van der Waals surface area contributed by atoms with Gasteiger partial charge in [-0.3, -0.25) is 0 Å². The molecule has 0 spiro atoms. The second kappa shape index (κ2) is 5.71. The minimum Gasteiger partial charge on any atom is -0.508 e. The summed E-state index contributed by atoms with van der Waals surface area (Å²) in [6, 6.07) is 7.18. The van der Waals surface area contributed by atoms with Crippen LogP contribution in [0.25, 0.3) is 0 Å². The first-order chi connectivity index (χ1) is 7.13. The number of phenolic OH excluding ortho intramolecular Hbond substituents is 1. The molecule has 1 atom stereocenters. The molecule has 1 unspecified atom stereocenters. The Labute approximate surface area is 95.9 Å². The first-order valence-electron chi connectivity index (χ1n) is 5.08. The van der Waals surface area contributed by atoms with E-state index in [0.717, 1.165) is 12.0 Å². The van der Waals surface area contributed by atoms with Gasteiger partial charge in [0.1, 0.15) is 5.75 Å². The van der Waals surface area contributed by atoms with Crippen molar-refractivity contribution in [3.63, 3.8) is 0 Å². The van der Waals surface area contributed by atoms with Gasteiger partial charge in [0.05, 0.1) is 6.61 Å². The fraction of sp³-hybridized carbons (Fsp3) is 0.417. The summed E-state index contributed by atoms with van der Waals surface area (Å²) < 4.78 is 5.28. The molecule has 1 aromatic rings. The molecule has 0 radical (unpaired) electrons. The lowest BCUT2D eigenvalue weighted by Gasteiger charge is -2.13. The van der Waals surface area contributed by atoms with E-state index in [9.17, 15) is 0 Å². The highest BCUT2D eigenvalue weighted by Crippen LogP contribution is 2.14. The van der Waals surface area contributed by atoms with Gasteiger partial charge in [-0.15, -0.1) is 0 Å². The molecule has 1 aromatic carbocycles. The molecule has 1 N–H and O–H groups in total. The fourth-order valence-electron chi connectivity index (χ4n) is 1.35. The second-order valence-electron chi connectivity index (χ2n) is 3.52. The van der Waals surface area contributed by atoms with Crippen molar-refractivity contribution in [3.05, 3.63) is 29.8 Å². The highest BCUT2D eigenvalue weighted by atomic mass is 32.1. The summed E-state index contributed by atoms with van der Waals surface area (Å²) in [6.07, 6.45) is 0.846. The van der Waals surface area contributed by atoms with E-state index in [0.29, 0.717) is 17.4 Å². The van der Waals surface area contributed by atoms with Gasteiger partial charge in [-0.25, -0.2) is 0 Å². The Bertz CT molecular complexity index is 319. The Kier molecular flexibility index (Phi) is 4.56. The van der Waals surface area contributed by atoms with Crippen molar-refractivity contribution in [2.24, 2.45) is 5.92 Å². The summed E-state index contributed by atoms with van der Waals surface area (Å²) in [4.78, 5) is 0. The molecule has 0 saturated carbocycles. The van der Waals surface area contributed by atoms with Crippen molar-refractivity contribution in [2.75, 3.05) is 6.61 Å². The van der Waals surface area contributed by atoms with E-state index in [2.05, 4.69) is 0 Å². The molecular weight excluding hydrogens is 208 g/mol. The molecule has 2 nitrogen and oxygen atoms in total. The first kappa shape index (κ1) is 12.0. The van der Waals surface area contributed by atoms with Crippen molar-refractivity contribution in [3.8, 4) is 5.75 Å². The molecule has 0 fully saturated rings. The van der Waals surface area contributed by atoms with Gasteiger partial charge in [-0.05, 0) is 43.3 Å². The predicted molar refractivity (Wildman–Crippen MR) is 65.2 cm³/mol. The van der Waals surface area contributed by atoms with Gasteiger partial charge in [-0.2, -0.15) is 0 Å². The summed E-state index contributed by atoms with van der Waals surface area (Å²) in [5.41, 5.74) is 1.15. The number of ether oxygens (including phenoxy) is 1. The molecule has 3 heteroatoms. The normalized spacial score (nSPS) is 12.1. The molecule has 0 bridgehead atoms. The van der Waals surface area contributed by atoms with E-state index in [1.54, 1.807) is 12.1 Å². The third-order valence-corrected chi connectivity index (χ3v) is 2.69. The first-order valence-corrected chi connectivity index (χ1v) is 5.49. The highest BCUT2D eigenvalue weighted by Gasteiger charge is 2.10. The van der Waals surface area contributed by atoms with Crippen LogP contribution >= 0.6 is 12.2 Å². The van der Waals surface area contributed by atoms with Crippen LogP contribution in [0.5, 0.6) is 5.75 Å². The maximum Gasteiger partial charge on any atom is 0.162 e. The van der Waals surface area contributed by atoms with Crippen LogP contribution in [0.4, 0.5) is 0 Å². The van der Waals surface area contributed by atoms with Crippen LogP contribution in [0.1, 0.15) is 19.4 Å². The monoisotopic (exact) mass is 224 g/mol. The number of hydrogen-bond donors (Lipinski definition) is 1. The average molecular weight is 224 g/mol. The largest absolute Gasteiger partial charge is 0.508 e. The van der Waals surface area contributed by atoms with Gasteiger partial charge in [-0.1, -0.05) is 19.1 Å². The molecule has 0 aromatic heterocycles. The van der Waals surface area contributed by atoms with Crippen LogP contribution in [-0.4, -0.2) is 16.8 Å². The number of hydrogen-bond acceptors (Lipinski definition) is 3. The molecule has 0 saturated heterocycles. The van der Waals surface area contributed by atoms with Gasteiger partial charge in [0.25, 0.3) is 0 Å². The van der Waals surface area contributed by atoms with Gasteiger partial charge in [0, 0.05) is 5.92 Å². The van der Waals surface area contributed by atoms with E-state index in [4.69, 9.17) is 22.1 Å². The zero-order chi connectivity index (χ0) is 11.3. The van der Waals surface area contributed by atoms with Crippen molar-refractivity contribution in [1.82, 2.24) is 0 Å². The lowest BCUT2D eigenvalue weighted by molar-refractivity contribution is 0.313. The van der Waals surface area contributed by atoms with Gasteiger partial charge < -0.3 is 9.84 Å². The van der Waals surface area contributed by atoms with Crippen molar-refractivity contribution in [1.29, 1.82) is 0 Å². The predicted octanol–water partition coefficient (Wildman–Crippen LogP) is 2.93. The van der Waals surface area contributed by atoms with Crippen molar-refractivity contribution < 1.29 is 9.84 Å². The standard InChI is InChI=1S/C12H16O2S/c1-3-14-12(15)9(2)8-10-4-6-11(13)7-5-10/h4-7,9,13H,3,8H2,1-2H3. The molecule has 0 aliphatic heterocycles. The molecule has 15 heavy (non-hydrogen) atoms. The topological polar surface area (TPSA) is 29.5 Å². The third kappa shape index (κ3) is 3.88. The smallest absolute Gasteiger partial charge is 0.162 e. The molecule has 1 rings (SSSR count). The fourth-order valence-corrected chi connectivity index (χ4v) is 1.55. The van der Waals surface area contributed by atoms with Gasteiger partial charge in [0.2, 0.25) is 0 Å². The van der Waals surface area contributed by atoms with E-state index < -0.39 is 0 Å². The van der Waals surface area contributed by atoms with E-state index >= 15 is 0 Å². The minimum absolute atomic E-state index is 0.226. The van der Waals surface area contributed by atoms with E-state index in [1.807, 2.05) is 26.0 Å². The van der Waals surface area contributed by atoms with E-state index in [-0.39, 0.29) is 5.92 Å². The molecular formula is C12H16O2S. The van der Waals surface area contributed by atoms with Crippen LogP contribution < -0.4 is 0 Å². The Balaban J connectivity index is 2.54. The Morgan fingerprint density at radius 2 is 2.00 bits per heavy atom. The maximum atomic E-state index is 9.13. The number of rotatable bonds is 4. The molecule has 0 heterocycles. The number of phenols is 1. The SMILES string of the molecule is CCOC(=S)C(C)Cc1ccc(O)cc1. The van der Waals surface area contributed by atoms with Crippen molar-refractivity contribution >= 4 is 17.3 Å². The summed E-state index contributed by atoms with van der Waals surface area (Å²) in [5.74, 6) is 0.517. The third-order valence-electron chi connectivity index (χ3n) is 2.17. The second-order valence-corrected chi connectivity index (χ2v) is 3.93. The maximum absolute atomic E-state index is 9.13. The van der Waals surface area contributed by atoms with Crippen molar-refractivity contribution in [2.45, 2.75) is 20.3 Å². The lowest BCUT2D eigenvalue weighted by Crippen LogP contribution is -2.14. The average Bonchev–Trinajstić information content (AvgIpc) is 2.22. The van der Waals surface area contributed by atoms with Gasteiger partial charge >= 0.3 is 0 Å². The summed E-state index contributed by atoms with van der Waals surface area (Å²) in [7, 11) is 0. The lowest BCUT2D eigenvalue weighted by atomic mass is 10.0. The molecule has 0 aliphatic rings. The van der Waals surface area contributed by atoms with Gasteiger partial charge in [0.15, 0.2) is 5.05 Å².